The maximum absolute atomic E-state index is 9.60. The second kappa shape index (κ2) is 6.79. The molecule has 1 saturated heterocycles. The molecule has 0 aromatic heterocycles. The molecule has 1 aliphatic rings. The van der Waals surface area contributed by atoms with Crippen molar-refractivity contribution >= 4 is 6.47 Å². The number of carbonyl (C=O) groups is 1. The van der Waals surface area contributed by atoms with E-state index in [0.717, 1.165) is 25.9 Å². The quantitative estimate of drug-likeness (QED) is 0.616. The summed E-state index contributed by atoms with van der Waals surface area (Å²) in [6.45, 7) is 7.79. The molecular formula is C10H21NO3. The van der Waals surface area contributed by atoms with Crippen LogP contribution in [0.2, 0.25) is 0 Å². The molecule has 0 aliphatic carbocycles. The first-order valence-electron chi connectivity index (χ1n) is 4.96. The van der Waals surface area contributed by atoms with E-state index in [1.165, 1.54) is 0 Å². The zero-order chi connectivity index (χ0) is 11.0. The van der Waals surface area contributed by atoms with Gasteiger partial charge in [-0.3, -0.25) is 4.79 Å². The molecule has 0 spiro atoms. The molecule has 0 aromatic carbocycles. The Balaban J connectivity index is 0.000000241. The lowest BCUT2D eigenvalue weighted by Gasteiger charge is -2.16. The van der Waals surface area contributed by atoms with Gasteiger partial charge in [0.25, 0.3) is 6.47 Å². The first-order chi connectivity index (χ1) is 6.45. The minimum Gasteiger partial charge on any atom is -0.462 e. The predicted octanol–water partition coefficient (Wildman–Crippen LogP) is 0.689. The van der Waals surface area contributed by atoms with Gasteiger partial charge in [-0.15, -0.1) is 0 Å². The predicted molar refractivity (Wildman–Crippen MR) is 55.0 cm³/mol. The summed E-state index contributed by atoms with van der Waals surface area (Å²) in [6.07, 6.45) is 2.03. The van der Waals surface area contributed by atoms with Crippen molar-refractivity contribution < 1.29 is 14.6 Å². The Morgan fingerprint density at radius 3 is 2.29 bits per heavy atom. The van der Waals surface area contributed by atoms with Gasteiger partial charge in [0.1, 0.15) is 5.60 Å². The van der Waals surface area contributed by atoms with Gasteiger partial charge in [0, 0.05) is 6.54 Å². The minimum absolute atomic E-state index is 0.0752. The second-order valence-corrected chi connectivity index (χ2v) is 4.33. The van der Waals surface area contributed by atoms with E-state index in [1.54, 1.807) is 0 Å². The van der Waals surface area contributed by atoms with Gasteiger partial charge in [-0.1, -0.05) is 0 Å². The summed E-state index contributed by atoms with van der Waals surface area (Å²) >= 11 is 0. The number of aliphatic hydroxyl groups excluding tert-OH is 1. The van der Waals surface area contributed by atoms with Gasteiger partial charge in [0.15, 0.2) is 0 Å². The van der Waals surface area contributed by atoms with Crippen LogP contribution in [0.5, 0.6) is 0 Å². The van der Waals surface area contributed by atoms with E-state index in [0.29, 0.717) is 6.47 Å². The Morgan fingerprint density at radius 1 is 1.50 bits per heavy atom. The highest BCUT2D eigenvalue weighted by atomic mass is 16.5. The highest BCUT2D eigenvalue weighted by Crippen LogP contribution is 2.02. The number of aliphatic hydroxyl groups is 1. The molecule has 0 radical (unpaired) electrons. The zero-order valence-electron chi connectivity index (χ0n) is 9.25. The SMILES string of the molecule is CC(C)(C)OC=O.OC1CCCNC1. The van der Waals surface area contributed by atoms with Gasteiger partial charge in [-0.2, -0.15) is 0 Å². The summed E-state index contributed by atoms with van der Waals surface area (Å²) in [5, 5.41) is 11.9. The van der Waals surface area contributed by atoms with E-state index in [-0.39, 0.29) is 11.7 Å². The number of ether oxygens (including phenoxy) is 1. The van der Waals surface area contributed by atoms with Gasteiger partial charge >= 0.3 is 0 Å². The van der Waals surface area contributed by atoms with E-state index in [4.69, 9.17) is 5.11 Å². The molecule has 1 unspecified atom stereocenters. The maximum atomic E-state index is 9.60. The van der Waals surface area contributed by atoms with Gasteiger partial charge in [-0.05, 0) is 40.2 Å². The van der Waals surface area contributed by atoms with Crippen LogP contribution in [0.3, 0.4) is 0 Å². The summed E-state index contributed by atoms with van der Waals surface area (Å²) in [6, 6.07) is 0. The average molecular weight is 203 g/mol. The van der Waals surface area contributed by atoms with Crippen LogP contribution < -0.4 is 5.32 Å². The first kappa shape index (κ1) is 13.4. The van der Waals surface area contributed by atoms with E-state index in [1.807, 2.05) is 20.8 Å². The monoisotopic (exact) mass is 203 g/mol. The Morgan fingerprint density at radius 2 is 2.14 bits per heavy atom. The van der Waals surface area contributed by atoms with E-state index in [2.05, 4.69) is 10.1 Å². The molecule has 1 atom stereocenters. The fraction of sp³-hybridized carbons (Fsp3) is 0.900. The smallest absolute Gasteiger partial charge is 0.293 e. The number of carbonyl (C=O) groups excluding carboxylic acids is 1. The summed E-state index contributed by atoms with van der Waals surface area (Å²) < 4.78 is 4.55. The third-order valence-electron chi connectivity index (χ3n) is 1.67. The Bertz CT molecular complexity index is 148. The zero-order valence-corrected chi connectivity index (χ0v) is 9.25. The molecule has 4 heteroatoms. The molecule has 0 bridgehead atoms. The molecule has 2 N–H and O–H groups in total. The summed E-state index contributed by atoms with van der Waals surface area (Å²) in [5.74, 6) is 0. The fourth-order valence-corrected chi connectivity index (χ4v) is 0.978. The third-order valence-corrected chi connectivity index (χ3v) is 1.67. The van der Waals surface area contributed by atoms with Crippen molar-refractivity contribution in [2.75, 3.05) is 13.1 Å². The number of rotatable bonds is 1. The van der Waals surface area contributed by atoms with Crippen LogP contribution in [0, 0.1) is 0 Å². The first-order valence-corrected chi connectivity index (χ1v) is 4.96. The summed E-state index contributed by atoms with van der Waals surface area (Å²) in [4.78, 5) is 9.60. The Kier molecular flexibility index (Phi) is 6.49. The molecule has 1 aliphatic heterocycles. The van der Waals surface area contributed by atoms with Crippen molar-refractivity contribution in [2.24, 2.45) is 0 Å². The fourth-order valence-electron chi connectivity index (χ4n) is 0.978. The van der Waals surface area contributed by atoms with Crippen molar-refractivity contribution in [1.82, 2.24) is 5.32 Å². The molecule has 1 heterocycles. The lowest BCUT2D eigenvalue weighted by Crippen LogP contribution is -2.33. The largest absolute Gasteiger partial charge is 0.462 e. The second-order valence-electron chi connectivity index (χ2n) is 4.33. The van der Waals surface area contributed by atoms with E-state index in [9.17, 15) is 4.79 Å². The number of hydrogen-bond acceptors (Lipinski definition) is 4. The number of nitrogens with one attached hydrogen (secondary N) is 1. The number of piperidine rings is 1. The number of hydrogen-bond donors (Lipinski definition) is 2. The topological polar surface area (TPSA) is 58.6 Å². The Labute approximate surface area is 85.6 Å². The summed E-state index contributed by atoms with van der Waals surface area (Å²) in [5.41, 5.74) is -0.318. The molecule has 0 aromatic rings. The average Bonchev–Trinajstić information content (AvgIpc) is 2.04. The standard InChI is InChI=1S/C5H11NO.C5H10O2/c7-5-2-1-3-6-4-5;1-5(2,3)7-4-6/h5-7H,1-4H2;4H,1-3H3. The van der Waals surface area contributed by atoms with Crippen molar-refractivity contribution in [1.29, 1.82) is 0 Å². The van der Waals surface area contributed by atoms with Crippen LogP contribution in [-0.2, 0) is 9.53 Å². The lowest BCUT2D eigenvalue weighted by molar-refractivity contribution is -0.138. The molecular weight excluding hydrogens is 182 g/mol. The molecule has 4 nitrogen and oxygen atoms in total. The van der Waals surface area contributed by atoms with Crippen molar-refractivity contribution in [3.8, 4) is 0 Å². The highest BCUT2D eigenvalue weighted by Gasteiger charge is 2.07. The van der Waals surface area contributed by atoms with Crippen LogP contribution in [-0.4, -0.2) is 36.4 Å². The molecule has 84 valence electrons. The molecule has 1 fully saturated rings. The molecule has 1 rings (SSSR count). The third kappa shape index (κ3) is 9.48. The molecule has 0 saturated carbocycles. The normalized spacial score (nSPS) is 21.9. The van der Waals surface area contributed by atoms with Crippen molar-refractivity contribution in [3.05, 3.63) is 0 Å². The summed E-state index contributed by atoms with van der Waals surface area (Å²) in [7, 11) is 0. The number of β-amino-alcohol motifs (C(OH)–C–C–N with tert-alkyl or cyclic N) is 1. The van der Waals surface area contributed by atoms with Crippen molar-refractivity contribution in [2.45, 2.75) is 45.3 Å². The molecule has 14 heavy (non-hydrogen) atoms. The van der Waals surface area contributed by atoms with Crippen LogP contribution in [0.25, 0.3) is 0 Å². The van der Waals surface area contributed by atoms with Crippen LogP contribution in [0.15, 0.2) is 0 Å². The maximum Gasteiger partial charge on any atom is 0.293 e. The van der Waals surface area contributed by atoms with Gasteiger partial charge in [-0.25, -0.2) is 0 Å². The van der Waals surface area contributed by atoms with E-state index < -0.39 is 0 Å². The minimum atomic E-state index is -0.318. The highest BCUT2D eigenvalue weighted by molar-refractivity contribution is 5.37. The Hall–Kier alpha value is -0.610. The van der Waals surface area contributed by atoms with Crippen LogP contribution in [0.4, 0.5) is 0 Å². The van der Waals surface area contributed by atoms with Gasteiger partial charge in [0.05, 0.1) is 6.10 Å². The lowest BCUT2D eigenvalue weighted by atomic mass is 10.1. The van der Waals surface area contributed by atoms with Gasteiger partial charge in [0.2, 0.25) is 0 Å². The van der Waals surface area contributed by atoms with Crippen molar-refractivity contribution in [3.63, 3.8) is 0 Å². The molecule has 0 amide bonds. The van der Waals surface area contributed by atoms with Gasteiger partial charge < -0.3 is 15.2 Å². The van der Waals surface area contributed by atoms with E-state index >= 15 is 0 Å². The van der Waals surface area contributed by atoms with Crippen LogP contribution >= 0.6 is 0 Å². The van der Waals surface area contributed by atoms with Crippen LogP contribution in [0.1, 0.15) is 33.6 Å².